The van der Waals surface area contributed by atoms with Crippen LogP contribution in [0.3, 0.4) is 0 Å². The fraction of sp³-hybridized carbons (Fsp3) is 0.714. The summed E-state index contributed by atoms with van der Waals surface area (Å²) in [7, 11) is -1.42. The number of carbonyl (C=O) groups is 1. The van der Waals surface area contributed by atoms with Crippen LogP contribution in [0.25, 0.3) is 0 Å². The van der Waals surface area contributed by atoms with E-state index >= 15 is 0 Å². The Balaban J connectivity index is 2.09. The molecule has 0 radical (unpaired) electrons. The molecule has 8 heteroatoms. The van der Waals surface area contributed by atoms with Crippen molar-refractivity contribution in [3.8, 4) is 0 Å². The number of aryl methyl sites for hydroxylation is 2. The van der Waals surface area contributed by atoms with E-state index < -0.39 is 14.6 Å². The number of amides is 2. The first-order valence-electron chi connectivity index (χ1n) is 7.47. The predicted molar refractivity (Wildman–Crippen MR) is 85.7 cm³/mol. The van der Waals surface area contributed by atoms with Crippen molar-refractivity contribution in [3.63, 3.8) is 0 Å². The molecule has 0 spiro atoms. The van der Waals surface area contributed by atoms with Crippen molar-refractivity contribution in [2.75, 3.05) is 24.2 Å². The van der Waals surface area contributed by atoms with Gasteiger partial charge in [-0.05, 0) is 26.7 Å². The smallest absolute Gasteiger partial charge is 0.323 e. The minimum Gasteiger partial charge on any atom is -0.323 e. The van der Waals surface area contributed by atoms with Gasteiger partial charge in [0.05, 0.1) is 16.2 Å². The van der Waals surface area contributed by atoms with Gasteiger partial charge < -0.3 is 4.90 Å². The van der Waals surface area contributed by atoms with Gasteiger partial charge in [-0.2, -0.15) is 5.10 Å². The van der Waals surface area contributed by atoms with E-state index in [0.717, 1.165) is 12.1 Å². The minimum absolute atomic E-state index is 0.000975. The Bertz CT molecular complexity index is 664. The highest BCUT2D eigenvalue weighted by molar-refractivity contribution is 7.92. The molecule has 0 saturated carbocycles. The zero-order chi connectivity index (χ0) is 16.5. The van der Waals surface area contributed by atoms with Gasteiger partial charge in [0.15, 0.2) is 9.84 Å². The van der Waals surface area contributed by atoms with Gasteiger partial charge in [0.2, 0.25) is 0 Å². The van der Waals surface area contributed by atoms with Crippen LogP contribution >= 0.6 is 0 Å². The second kappa shape index (κ2) is 5.91. The summed E-state index contributed by atoms with van der Waals surface area (Å²) in [6, 6.07) is 1.55. The summed E-state index contributed by atoms with van der Waals surface area (Å²) < 4.78 is 25.2. The summed E-state index contributed by atoms with van der Waals surface area (Å²) in [6.45, 7) is 6.08. The quantitative estimate of drug-likeness (QED) is 0.889. The van der Waals surface area contributed by atoms with Gasteiger partial charge in [-0.25, -0.2) is 13.2 Å². The van der Waals surface area contributed by atoms with Crippen LogP contribution in [-0.2, 0) is 23.3 Å². The van der Waals surface area contributed by atoms with E-state index in [1.807, 2.05) is 13.0 Å². The first kappa shape index (κ1) is 16.8. The summed E-state index contributed by atoms with van der Waals surface area (Å²) in [6.07, 6.45) is 1.23. The van der Waals surface area contributed by atoms with Crippen LogP contribution in [0.15, 0.2) is 6.07 Å². The molecule has 0 bridgehead atoms. The highest BCUT2D eigenvalue weighted by atomic mass is 32.2. The zero-order valence-electron chi connectivity index (χ0n) is 13.6. The van der Waals surface area contributed by atoms with E-state index in [4.69, 9.17) is 0 Å². The maximum absolute atomic E-state index is 12.4. The summed E-state index contributed by atoms with van der Waals surface area (Å²) in [4.78, 5) is 13.9. The zero-order valence-corrected chi connectivity index (χ0v) is 14.4. The average molecular weight is 328 g/mol. The number of nitrogens with zero attached hydrogens (tertiary/aromatic N) is 3. The second-order valence-electron chi connectivity index (χ2n) is 6.24. The predicted octanol–water partition coefficient (Wildman–Crippen LogP) is 1.41. The Hall–Kier alpha value is -1.57. The van der Waals surface area contributed by atoms with Crippen LogP contribution in [0.4, 0.5) is 10.6 Å². The highest BCUT2D eigenvalue weighted by Gasteiger charge is 2.38. The van der Waals surface area contributed by atoms with Crippen molar-refractivity contribution in [2.24, 2.45) is 7.05 Å². The third-order valence-electron chi connectivity index (χ3n) is 4.27. The molecule has 1 saturated heterocycles. The Morgan fingerprint density at radius 1 is 1.41 bits per heavy atom. The molecular formula is C14H24N4O3S. The average Bonchev–Trinajstić information content (AvgIpc) is 2.73. The number of anilines is 1. The molecule has 2 amide bonds. The van der Waals surface area contributed by atoms with Crippen LogP contribution in [0.2, 0.25) is 0 Å². The van der Waals surface area contributed by atoms with Gasteiger partial charge in [0.1, 0.15) is 5.82 Å². The number of sulfone groups is 1. The molecular weight excluding hydrogens is 304 g/mol. The fourth-order valence-electron chi connectivity index (χ4n) is 2.39. The molecule has 0 aromatic carbocycles. The number of hydrogen-bond donors (Lipinski definition) is 1. The lowest BCUT2D eigenvalue weighted by molar-refractivity contribution is 0.214. The SMILES string of the molecule is CCc1cc(NC(=O)N2CCC(C)(C)S(=O)(=O)CC2)n(C)n1. The molecule has 7 nitrogen and oxygen atoms in total. The summed E-state index contributed by atoms with van der Waals surface area (Å²) >= 11 is 0. The minimum atomic E-state index is -3.18. The molecule has 1 aliphatic heterocycles. The number of hydrogen-bond acceptors (Lipinski definition) is 4. The molecule has 2 heterocycles. The lowest BCUT2D eigenvalue weighted by atomic mass is 10.1. The van der Waals surface area contributed by atoms with Crippen LogP contribution in [-0.4, -0.2) is 52.7 Å². The molecule has 1 aromatic rings. The van der Waals surface area contributed by atoms with Crippen molar-refractivity contribution in [1.29, 1.82) is 0 Å². The first-order valence-corrected chi connectivity index (χ1v) is 9.12. The van der Waals surface area contributed by atoms with Crippen LogP contribution < -0.4 is 5.32 Å². The molecule has 124 valence electrons. The number of urea groups is 1. The molecule has 0 atom stereocenters. The van der Waals surface area contributed by atoms with E-state index in [-0.39, 0.29) is 18.3 Å². The van der Waals surface area contributed by atoms with E-state index in [2.05, 4.69) is 10.4 Å². The van der Waals surface area contributed by atoms with E-state index in [1.54, 1.807) is 30.5 Å². The first-order chi connectivity index (χ1) is 10.2. The molecule has 1 aliphatic rings. The molecule has 1 N–H and O–H groups in total. The van der Waals surface area contributed by atoms with Gasteiger partial charge in [0.25, 0.3) is 0 Å². The van der Waals surface area contributed by atoms with E-state index in [9.17, 15) is 13.2 Å². The van der Waals surface area contributed by atoms with Gasteiger partial charge in [-0.15, -0.1) is 0 Å². The normalized spacial score (nSPS) is 20.5. The summed E-state index contributed by atoms with van der Waals surface area (Å²) in [5.74, 6) is 0.618. The van der Waals surface area contributed by atoms with Crippen molar-refractivity contribution < 1.29 is 13.2 Å². The maximum Gasteiger partial charge on any atom is 0.323 e. The standard InChI is InChI=1S/C14H24N4O3S/c1-5-11-10-12(17(4)16-11)15-13(19)18-7-6-14(2,3)22(20,21)9-8-18/h10H,5-9H2,1-4H3,(H,15,19). The van der Waals surface area contributed by atoms with E-state index in [1.165, 1.54) is 0 Å². The number of carbonyl (C=O) groups excluding carboxylic acids is 1. The third-order valence-corrected chi connectivity index (χ3v) is 6.88. The Morgan fingerprint density at radius 2 is 2.09 bits per heavy atom. The van der Waals surface area contributed by atoms with Crippen molar-refractivity contribution >= 4 is 21.7 Å². The Labute approximate surface area is 131 Å². The van der Waals surface area contributed by atoms with Crippen molar-refractivity contribution in [3.05, 3.63) is 11.8 Å². The van der Waals surface area contributed by atoms with Crippen LogP contribution in [0.1, 0.15) is 32.9 Å². The molecule has 0 aliphatic carbocycles. The van der Waals surface area contributed by atoms with Gasteiger partial charge in [0, 0.05) is 26.2 Å². The summed E-state index contributed by atoms with van der Waals surface area (Å²) in [5.41, 5.74) is 0.900. The van der Waals surface area contributed by atoms with E-state index in [0.29, 0.717) is 18.8 Å². The Kier molecular flexibility index (Phi) is 4.51. The number of aromatic nitrogens is 2. The maximum atomic E-state index is 12.4. The summed E-state index contributed by atoms with van der Waals surface area (Å²) in [5, 5.41) is 7.09. The second-order valence-corrected chi connectivity index (χ2v) is 8.99. The lowest BCUT2D eigenvalue weighted by Gasteiger charge is -2.22. The van der Waals surface area contributed by atoms with Crippen LogP contribution in [0, 0.1) is 0 Å². The molecule has 0 unspecified atom stereocenters. The van der Waals surface area contributed by atoms with Gasteiger partial charge in [-0.1, -0.05) is 6.92 Å². The molecule has 22 heavy (non-hydrogen) atoms. The fourth-order valence-corrected chi connectivity index (χ4v) is 3.80. The molecule has 1 aromatic heterocycles. The van der Waals surface area contributed by atoms with Crippen LogP contribution in [0.5, 0.6) is 0 Å². The van der Waals surface area contributed by atoms with Crippen molar-refractivity contribution in [1.82, 2.24) is 14.7 Å². The highest BCUT2D eigenvalue weighted by Crippen LogP contribution is 2.25. The molecule has 2 rings (SSSR count). The monoisotopic (exact) mass is 328 g/mol. The Morgan fingerprint density at radius 3 is 2.68 bits per heavy atom. The largest absolute Gasteiger partial charge is 0.323 e. The topological polar surface area (TPSA) is 84.3 Å². The van der Waals surface area contributed by atoms with Gasteiger partial charge >= 0.3 is 6.03 Å². The number of nitrogens with one attached hydrogen (secondary N) is 1. The van der Waals surface area contributed by atoms with Crippen molar-refractivity contribution in [2.45, 2.75) is 38.4 Å². The van der Waals surface area contributed by atoms with Gasteiger partial charge in [-0.3, -0.25) is 10.00 Å². The molecule has 1 fully saturated rings. The number of rotatable bonds is 2. The third kappa shape index (κ3) is 3.26. The lowest BCUT2D eigenvalue weighted by Crippen LogP contribution is -2.37.